The molecular formula is C10H17N3S. The molecule has 3 nitrogen and oxygen atoms in total. The first kappa shape index (κ1) is 10.1. The highest BCUT2D eigenvalue weighted by molar-refractivity contribution is 7.09. The fourth-order valence-electron chi connectivity index (χ4n) is 1.90. The van der Waals surface area contributed by atoms with Crippen molar-refractivity contribution in [1.29, 1.82) is 0 Å². The molecule has 1 saturated heterocycles. The lowest BCUT2D eigenvalue weighted by molar-refractivity contribution is 0.197. The van der Waals surface area contributed by atoms with Crippen molar-refractivity contribution in [1.82, 2.24) is 15.2 Å². The Morgan fingerprint density at radius 3 is 3.29 bits per heavy atom. The third-order valence-corrected chi connectivity index (χ3v) is 3.55. The maximum atomic E-state index is 4.10. The molecule has 78 valence electrons. The molecule has 1 unspecified atom stereocenters. The summed E-state index contributed by atoms with van der Waals surface area (Å²) in [7, 11) is 2.21. The third kappa shape index (κ3) is 2.53. The summed E-state index contributed by atoms with van der Waals surface area (Å²) >= 11 is 1.74. The zero-order chi connectivity index (χ0) is 9.80. The van der Waals surface area contributed by atoms with Gasteiger partial charge >= 0.3 is 0 Å². The summed E-state index contributed by atoms with van der Waals surface area (Å²) in [6.07, 6.45) is 4.59. The zero-order valence-corrected chi connectivity index (χ0v) is 9.39. The number of rotatable bonds is 3. The maximum Gasteiger partial charge on any atom is 0.0794 e. The second-order valence-electron chi connectivity index (χ2n) is 3.88. The van der Waals surface area contributed by atoms with E-state index in [0.29, 0.717) is 6.04 Å². The van der Waals surface area contributed by atoms with Crippen LogP contribution in [0.4, 0.5) is 0 Å². The normalized spacial score (nSPS) is 22.9. The maximum absolute atomic E-state index is 4.10. The summed E-state index contributed by atoms with van der Waals surface area (Å²) in [6, 6.07) is 0.700. The van der Waals surface area contributed by atoms with E-state index in [1.807, 2.05) is 11.7 Å². The molecule has 0 radical (unpaired) electrons. The van der Waals surface area contributed by atoms with Crippen LogP contribution in [0.25, 0.3) is 0 Å². The Morgan fingerprint density at radius 1 is 1.71 bits per heavy atom. The molecule has 14 heavy (non-hydrogen) atoms. The first-order chi connectivity index (χ1) is 6.86. The van der Waals surface area contributed by atoms with Gasteiger partial charge in [0.15, 0.2) is 0 Å². The van der Waals surface area contributed by atoms with Gasteiger partial charge in [0.05, 0.1) is 5.51 Å². The fourth-order valence-corrected chi connectivity index (χ4v) is 2.56. The lowest BCUT2D eigenvalue weighted by Gasteiger charge is -2.31. The first-order valence-electron chi connectivity index (χ1n) is 5.14. The minimum Gasteiger partial charge on any atom is -0.315 e. The number of aromatic nitrogens is 1. The van der Waals surface area contributed by atoms with Gasteiger partial charge in [-0.25, -0.2) is 0 Å². The monoisotopic (exact) mass is 211 g/mol. The van der Waals surface area contributed by atoms with Gasteiger partial charge in [-0.3, -0.25) is 9.88 Å². The number of hydrogen-bond donors (Lipinski definition) is 1. The van der Waals surface area contributed by atoms with Gasteiger partial charge in [-0.1, -0.05) is 0 Å². The minimum absolute atomic E-state index is 0.700. The molecule has 1 fully saturated rings. The molecule has 0 spiro atoms. The largest absolute Gasteiger partial charge is 0.315 e. The Bertz CT molecular complexity index is 254. The Morgan fingerprint density at radius 2 is 2.64 bits per heavy atom. The lowest BCUT2D eigenvalue weighted by atomic mass is 10.1. The molecule has 1 aliphatic rings. The van der Waals surface area contributed by atoms with E-state index in [-0.39, 0.29) is 0 Å². The number of thiazole rings is 1. The zero-order valence-electron chi connectivity index (χ0n) is 8.57. The van der Waals surface area contributed by atoms with Crippen molar-refractivity contribution >= 4 is 11.3 Å². The van der Waals surface area contributed by atoms with Gasteiger partial charge in [0, 0.05) is 30.2 Å². The summed E-state index contributed by atoms with van der Waals surface area (Å²) in [6.45, 7) is 3.36. The molecule has 2 rings (SSSR count). The van der Waals surface area contributed by atoms with Crippen LogP contribution >= 0.6 is 11.3 Å². The van der Waals surface area contributed by atoms with Crippen LogP contribution in [-0.2, 0) is 6.54 Å². The van der Waals surface area contributed by atoms with Crippen molar-refractivity contribution < 1.29 is 0 Å². The summed E-state index contributed by atoms with van der Waals surface area (Å²) in [5.74, 6) is 0. The fraction of sp³-hybridized carbons (Fsp3) is 0.700. The second-order valence-corrected chi connectivity index (χ2v) is 4.85. The number of likely N-dealkylation sites (N-methyl/N-ethyl adjacent to an activating group) is 1. The quantitative estimate of drug-likeness (QED) is 0.817. The van der Waals surface area contributed by atoms with Gasteiger partial charge in [0.2, 0.25) is 0 Å². The van der Waals surface area contributed by atoms with Crippen LogP contribution in [0.15, 0.2) is 11.7 Å². The Labute approximate surface area is 89.1 Å². The van der Waals surface area contributed by atoms with Crippen LogP contribution in [0.2, 0.25) is 0 Å². The molecule has 1 aromatic heterocycles. The van der Waals surface area contributed by atoms with Gasteiger partial charge in [-0.15, -0.1) is 11.3 Å². The molecule has 2 heterocycles. The molecule has 0 aromatic carbocycles. The van der Waals surface area contributed by atoms with E-state index >= 15 is 0 Å². The van der Waals surface area contributed by atoms with Crippen molar-refractivity contribution in [2.45, 2.75) is 25.4 Å². The van der Waals surface area contributed by atoms with Gasteiger partial charge in [-0.2, -0.15) is 0 Å². The van der Waals surface area contributed by atoms with E-state index in [1.165, 1.54) is 24.3 Å². The second kappa shape index (κ2) is 4.87. The first-order valence-corrected chi connectivity index (χ1v) is 6.02. The topological polar surface area (TPSA) is 28.2 Å². The Hall–Kier alpha value is -0.450. The van der Waals surface area contributed by atoms with Crippen molar-refractivity contribution in [2.75, 3.05) is 20.1 Å². The van der Waals surface area contributed by atoms with E-state index in [9.17, 15) is 0 Å². The molecule has 1 N–H and O–H groups in total. The highest BCUT2D eigenvalue weighted by Gasteiger charge is 2.17. The van der Waals surface area contributed by atoms with E-state index in [4.69, 9.17) is 0 Å². The third-order valence-electron chi connectivity index (χ3n) is 2.78. The molecule has 1 aliphatic heterocycles. The average Bonchev–Trinajstić information content (AvgIpc) is 2.72. The molecule has 0 amide bonds. The van der Waals surface area contributed by atoms with Crippen LogP contribution in [0.3, 0.4) is 0 Å². The highest BCUT2D eigenvalue weighted by atomic mass is 32.1. The highest BCUT2D eigenvalue weighted by Crippen LogP contribution is 2.14. The van der Waals surface area contributed by atoms with E-state index in [1.54, 1.807) is 11.3 Å². The van der Waals surface area contributed by atoms with Gasteiger partial charge in [0.1, 0.15) is 0 Å². The summed E-state index contributed by atoms with van der Waals surface area (Å²) in [4.78, 5) is 7.89. The minimum atomic E-state index is 0.700. The average molecular weight is 211 g/mol. The van der Waals surface area contributed by atoms with E-state index in [0.717, 1.165) is 13.1 Å². The van der Waals surface area contributed by atoms with Crippen LogP contribution in [0.5, 0.6) is 0 Å². The Balaban J connectivity index is 1.85. The summed E-state index contributed by atoms with van der Waals surface area (Å²) in [5, 5.41) is 3.44. The van der Waals surface area contributed by atoms with Crippen LogP contribution in [-0.4, -0.2) is 36.1 Å². The summed E-state index contributed by atoms with van der Waals surface area (Å²) < 4.78 is 0. The van der Waals surface area contributed by atoms with Crippen molar-refractivity contribution in [3.63, 3.8) is 0 Å². The molecule has 0 aliphatic carbocycles. The molecular weight excluding hydrogens is 194 g/mol. The number of nitrogens with zero attached hydrogens (tertiary/aromatic N) is 2. The van der Waals surface area contributed by atoms with Crippen molar-refractivity contribution in [3.05, 3.63) is 16.6 Å². The number of piperidine rings is 1. The summed E-state index contributed by atoms with van der Waals surface area (Å²) in [5.41, 5.74) is 1.91. The van der Waals surface area contributed by atoms with Gasteiger partial charge < -0.3 is 5.32 Å². The molecule has 0 saturated carbocycles. The molecule has 0 bridgehead atoms. The smallest absolute Gasteiger partial charge is 0.0794 e. The number of nitrogens with one attached hydrogen (secondary N) is 1. The van der Waals surface area contributed by atoms with Crippen molar-refractivity contribution in [2.24, 2.45) is 0 Å². The van der Waals surface area contributed by atoms with Crippen molar-refractivity contribution in [3.8, 4) is 0 Å². The van der Waals surface area contributed by atoms with Gasteiger partial charge in [0.25, 0.3) is 0 Å². The van der Waals surface area contributed by atoms with E-state index < -0.39 is 0 Å². The Kier molecular flexibility index (Phi) is 3.50. The molecule has 4 heteroatoms. The lowest BCUT2D eigenvalue weighted by Crippen LogP contribution is -2.43. The van der Waals surface area contributed by atoms with Crippen LogP contribution in [0, 0.1) is 0 Å². The molecule has 1 atom stereocenters. The van der Waals surface area contributed by atoms with E-state index in [2.05, 4.69) is 22.2 Å². The number of hydrogen-bond acceptors (Lipinski definition) is 4. The standard InChI is InChI=1S/C10H17N3S/c1-13(7-10-6-12-8-14-10)9-3-2-4-11-5-9/h6,8-9,11H,2-5,7H2,1H3. The predicted molar refractivity (Wildman–Crippen MR) is 59.5 cm³/mol. The van der Waals surface area contributed by atoms with Gasteiger partial charge in [-0.05, 0) is 26.4 Å². The SMILES string of the molecule is CN(Cc1cncs1)C1CCCNC1. The molecule has 1 aromatic rings. The van der Waals surface area contributed by atoms with Crippen LogP contribution in [0.1, 0.15) is 17.7 Å². The predicted octanol–water partition coefficient (Wildman–Crippen LogP) is 1.33. The van der Waals surface area contributed by atoms with Crippen LogP contribution < -0.4 is 5.32 Å².